The molecule has 4 nitrogen and oxygen atoms in total. The van der Waals surface area contributed by atoms with Gasteiger partial charge in [-0.3, -0.25) is 4.79 Å². The third-order valence-corrected chi connectivity index (χ3v) is 8.04. The second-order valence-electron chi connectivity index (χ2n) is 7.64. The van der Waals surface area contributed by atoms with Gasteiger partial charge in [0.2, 0.25) is 0 Å². The highest BCUT2D eigenvalue weighted by Crippen LogP contribution is 2.37. The first kappa shape index (κ1) is 18.6. The van der Waals surface area contributed by atoms with Gasteiger partial charge in [0.05, 0.1) is 6.10 Å². The van der Waals surface area contributed by atoms with Gasteiger partial charge in [0.1, 0.15) is 11.6 Å². The monoisotopic (exact) mass is 289 g/mol. The number of rotatable bonds is 4. The molecule has 0 rings (SSSR count). The second kappa shape index (κ2) is 5.93. The van der Waals surface area contributed by atoms with Crippen LogP contribution < -0.4 is 5.73 Å². The summed E-state index contributed by atoms with van der Waals surface area (Å²) in [7, 11) is -1.92. The Kier molecular flexibility index (Phi) is 5.81. The molecular weight excluding hydrogens is 258 g/mol. The molecule has 0 amide bonds. The molecule has 0 aliphatic heterocycles. The van der Waals surface area contributed by atoms with Gasteiger partial charge < -0.3 is 14.9 Å². The lowest BCUT2D eigenvalue weighted by Crippen LogP contribution is -2.51. The van der Waals surface area contributed by atoms with Crippen LogP contribution in [-0.2, 0) is 14.0 Å². The summed E-state index contributed by atoms with van der Waals surface area (Å²) in [4.78, 5) is 11.9. The van der Waals surface area contributed by atoms with Crippen LogP contribution in [0.1, 0.15) is 48.5 Å². The van der Waals surface area contributed by atoms with Crippen molar-refractivity contribution in [1.82, 2.24) is 0 Å². The number of carbonyl (C=O) groups excluding carboxylic acids is 1. The number of hydrogen-bond donors (Lipinski definition) is 1. The zero-order valence-electron chi connectivity index (χ0n) is 14.0. The van der Waals surface area contributed by atoms with Crippen LogP contribution in [0.2, 0.25) is 18.1 Å². The lowest BCUT2D eigenvalue weighted by molar-refractivity contribution is -0.158. The normalized spacial score (nSPS) is 16.9. The average molecular weight is 289 g/mol. The minimum Gasteiger partial charge on any atom is -0.459 e. The van der Waals surface area contributed by atoms with Gasteiger partial charge in [0.25, 0.3) is 0 Å². The molecule has 0 aliphatic rings. The average Bonchev–Trinajstić information content (AvgIpc) is 2.10. The van der Waals surface area contributed by atoms with Crippen molar-refractivity contribution in [2.45, 2.75) is 84.3 Å². The molecule has 0 aromatic carbocycles. The van der Waals surface area contributed by atoms with E-state index in [2.05, 4.69) is 33.9 Å². The number of hydrogen-bond acceptors (Lipinski definition) is 4. The van der Waals surface area contributed by atoms with Crippen molar-refractivity contribution in [2.24, 2.45) is 5.73 Å². The summed E-state index contributed by atoms with van der Waals surface area (Å²) in [5.41, 5.74) is 5.42. The summed E-state index contributed by atoms with van der Waals surface area (Å²) in [5.74, 6) is -0.404. The van der Waals surface area contributed by atoms with E-state index in [-0.39, 0.29) is 11.1 Å². The third-order valence-electron chi connectivity index (χ3n) is 3.47. The molecule has 5 heteroatoms. The molecule has 2 atom stereocenters. The van der Waals surface area contributed by atoms with Crippen LogP contribution in [0, 0.1) is 0 Å². The summed E-state index contributed by atoms with van der Waals surface area (Å²) in [5, 5.41) is 0.0922. The molecule has 0 bridgehead atoms. The van der Waals surface area contributed by atoms with E-state index in [4.69, 9.17) is 14.9 Å². The van der Waals surface area contributed by atoms with Gasteiger partial charge in [0.15, 0.2) is 8.32 Å². The molecule has 0 fully saturated rings. The van der Waals surface area contributed by atoms with E-state index in [1.165, 1.54) is 0 Å². The Morgan fingerprint density at radius 2 is 1.53 bits per heavy atom. The lowest BCUT2D eigenvalue weighted by Gasteiger charge is -2.39. The largest absolute Gasteiger partial charge is 0.459 e. The predicted molar refractivity (Wildman–Crippen MR) is 81.6 cm³/mol. The van der Waals surface area contributed by atoms with Crippen molar-refractivity contribution >= 4 is 14.3 Å². The molecule has 19 heavy (non-hydrogen) atoms. The van der Waals surface area contributed by atoms with Crippen LogP contribution >= 0.6 is 0 Å². The first-order chi connectivity index (χ1) is 8.17. The zero-order chi connectivity index (χ0) is 15.6. The standard InChI is InChI=1S/C14H31NO3Si/c1-10(18-19(8,9)14(5,6)7)11(15)12(16)17-13(2,3)4/h10-11H,15H2,1-9H3/t10-,11+/m1/s1. The van der Waals surface area contributed by atoms with Crippen LogP contribution in [0.3, 0.4) is 0 Å². The van der Waals surface area contributed by atoms with Gasteiger partial charge in [-0.2, -0.15) is 0 Å². The summed E-state index contributed by atoms with van der Waals surface area (Å²) in [6.45, 7) is 18.1. The molecule has 2 N–H and O–H groups in total. The summed E-state index contributed by atoms with van der Waals surface area (Å²) >= 11 is 0. The molecule has 114 valence electrons. The highest BCUT2D eigenvalue weighted by molar-refractivity contribution is 6.74. The molecule has 0 saturated carbocycles. The molecule has 0 radical (unpaired) electrons. The van der Waals surface area contributed by atoms with Crippen molar-refractivity contribution in [3.05, 3.63) is 0 Å². The van der Waals surface area contributed by atoms with Gasteiger partial charge in [0, 0.05) is 0 Å². The fraction of sp³-hybridized carbons (Fsp3) is 0.929. The van der Waals surface area contributed by atoms with Crippen LogP contribution in [0.15, 0.2) is 0 Å². The van der Waals surface area contributed by atoms with E-state index in [1.54, 1.807) is 0 Å². The highest BCUT2D eigenvalue weighted by Gasteiger charge is 2.40. The van der Waals surface area contributed by atoms with Crippen molar-refractivity contribution in [1.29, 1.82) is 0 Å². The van der Waals surface area contributed by atoms with Crippen LogP contribution in [0.5, 0.6) is 0 Å². The van der Waals surface area contributed by atoms with Gasteiger partial charge in [-0.05, 0) is 45.8 Å². The van der Waals surface area contributed by atoms with Crippen LogP contribution in [0.25, 0.3) is 0 Å². The Balaban J connectivity index is 4.68. The Labute approximate surface area is 119 Å². The third kappa shape index (κ3) is 6.06. The van der Waals surface area contributed by atoms with Gasteiger partial charge in [-0.15, -0.1) is 0 Å². The van der Waals surface area contributed by atoms with Crippen molar-refractivity contribution in [3.8, 4) is 0 Å². The van der Waals surface area contributed by atoms with E-state index >= 15 is 0 Å². The Morgan fingerprint density at radius 1 is 1.11 bits per heavy atom. The topological polar surface area (TPSA) is 61.5 Å². The quantitative estimate of drug-likeness (QED) is 0.638. The number of nitrogens with two attached hydrogens (primary N) is 1. The maximum atomic E-state index is 11.9. The van der Waals surface area contributed by atoms with Crippen molar-refractivity contribution < 1.29 is 14.0 Å². The lowest BCUT2D eigenvalue weighted by atomic mass is 10.1. The van der Waals surface area contributed by atoms with E-state index in [1.807, 2.05) is 27.7 Å². The smallest absolute Gasteiger partial charge is 0.326 e. The van der Waals surface area contributed by atoms with E-state index in [0.29, 0.717) is 0 Å². The number of carbonyl (C=O) groups is 1. The van der Waals surface area contributed by atoms with Crippen molar-refractivity contribution in [3.63, 3.8) is 0 Å². The molecule has 0 heterocycles. The molecule has 0 saturated heterocycles. The number of esters is 1. The van der Waals surface area contributed by atoms with Gasteiger partial charge >= 0.3 is 5.97 Å². The molecule has 0 unspecified atom stereocenters. The Hall–Kier alpha value is -0.393. The fourth-order valence-electron chi connectivity index (χ4n) is 1.28. The first-order valence-corrected chi connectivity index (χ1v) is 9.74. The minimum atomic E-state index is -1.92. The molecular formula is C14H31NO3Si. The van der Waals surface area contributed by atoms with Gasteiger partial charge in [-0.1, -0.05) is 20.8 Å². The maximum Gasteiger partial charge on any atom is 0.326 e. The summed E-state index contributed by atoms with van der Waals surface area (Å²) in [6, 6.07) is -0.742. The van der Waals surface area contributed by atoms with Crippen molar-refractivity contribution in [2.75, 3.05) is 0 Å². The van der Waals surface area contributed by atoms with Crippen LogP contribution in [0.4, 0.5) is 0 Å². The minimum absolute atomic E-state index is 0.0922. The van der Waals surface area contributed by atoms with E-state index in [0.717, 1.165) is 0 Å². The maximum absolute atomic E-state index is 11.9. The highest BCUT2D eigenvalue weighted by atomic mass is 28.4. The Bertz CT molecular complexity index is 316. The predicted octanol–water partition coefficient (Wildman–Crippen LogP) is 3.07. The first-order valence-electron chi connectivity index (χ1n) is 6.83. The Morgan fingerprint density at radius 3 is 1.84 bits per heavy atom. The fourth-order valence-corrected chi connectivity index (χ4v) is 2.71. The van der Waals surface area contributed by atoms with E-state index < -0.39 is 25.9 Å². The van der Waals surface area contributed by atoms with E-state index in [9.17, 15) is 4.79 Å². The number of ether oxygens (including phenoxy) is 1. The summed E-state index contributed by atoms with van der Waals surface area (Å²) in [6.07, 6.45) is -0.337. The molecule has 0 spiro atoms. The summed E-state index contributed by atoms with van der Waals surface area (Å²) < 4.78 is 11.4. The second-order valence-corrected chi connectivity index (χ2v) is 12.4. The molecule has 0 aromatic rings. The van der Waals surface area contributed by atoms with Crippen LogP contribution in [-0.4, -0.2) is 32.0 Å². The van der Waals surface area contributed by atoms with Gasteiger partial charge in [-0.25, -0.2) is 0 Å². The molecule has 0 aromatic heterocycles. The molecule has 0 aliphatic carbocycles. The SMILES string of the molecule is C[C@@H](O[Si](C)(C)C(C)(C)C)[C@H](N)C(=O)OC(C)(C)C. The zero-order valence-corrected chi connectivity index (χ0v) is 15.0.